The maximum Gasteiger partial charge on any atom is 0.229 e. The van der Waals surface area contributed by atoms with Crippen LogP contribution in [0.4, 0.5) is 5.82 Å². The van der Waals surface area contributed by atoms with Gasteiger partial charge in [0.2, 0.25) is 5.91 Å². The molecular weight excluding hydrogens is 407 g/mol. The molecule has 1 fully saturated rings. The van der Waals surface area contributed by atoms with E-state index < -0.39 is 0 Å². The van der Waals surface area contributed by atoms with Gasteiger partial charge in [0.1, 0.15) is 0 Å². The van der Waals surface area contributed by atoms with Crippen LogP contribution < -0.4 is 10.6 Å². The summed E-state index contributed by atoms with van der Waals surface area (Å²) in [6.07, 6.45) is 1.91. The summed E-state index contributed by atoms with van der Waals surface area (Å²) in [5.74, 6) is 0.521. The zero-order chi connectivity index (χ0) is 18.1. The lowest BCUT2D eigenvalue weighted by molar-refractivity contribution is -0.120. The van der Waals surface area contributed by atoms with E-state index in [1.807, 2.05) is 24.3 Å². The molecule has 8 heteroatoms. The molecule has 0 saturated carbocycles. The van der Waals surface area contributed by atoms with E-state index in [2.05, 4.69) is 20.8 Å². The molecule has 1 amide bonds. The van der Waals surface area contributed by atoms with Crippen molar-refractivity contribution >= 4 is 58.2 Å². The number of piperidine rings is 1. The molecule has 0 spiro atoms. The molecule has 1 saturated heterocycles. The van der Waals surface area contributed by atoms with Gasteiger partial charge in [-0.25, -0.2) is 0 Å². The van der Waals surface area contributed by atoms with Crippen LogP contribution in [0.3, 0.4) is 0 Å². The van der Waals surface area contributed by atoms with Crippen molar-refractivity contribution in [3.8, 4) is 11.1 Å². The molecule has 2 heterocycles. The topological polar surface area (TPSA) is 69.8 Å². The highest BCUT2D eigenvalue weighted by atomic mass is 35.5. The van der Waals surface area contributed by atoms with Crippen molar-refractivity contribution in [2.75, 3.05) is 18.4 Å². The Balaban J connectivity index is 0.00000210. The van der Waals surface area contributed by atoms with Crippen LogP contribution in [-0.2, 0) is 4.79 Å². The van der Waals surface area contributed by atoms with Crippen molar-refractivity contribution in [3.63, 3.8) is 0 Å². The number of carbonyl (C=O) groups is 1. The Labute approximate surface area is 173 Å². The third-order valence-corrected chi connectivity index (χ3v) is 5.26. The number of hydrogen-bond acceptors (Lipinski definition) is 3. The van der Waals surface area contributed by atoms with E-state index in [0.29, 0.717) is 22.4 Å². The average Bonchev–Trinajstić information content (AvgIpc) is 3.04. The monoisotopic (exact) mass is 424 g/mol. The van der Waals surface area contributed by atoms with Crippen LogP contribution in [0.1, 0.15) is 12.8 Å². The van der Waals surface area contributed by atoms with Gasteiger partial charge in [0.15, 0.2) is 5.82 Å². The third kappa shape index (κ3) is 4.22. The van der Waals surface area contributed by atoms with Crippen molar-refractivity contribution in [3.05, 3.63) is 46.4 Å². The second-order valence-electron chi connectivity index (χ2n) is 6.49. The highest BCUT2D eigenvalue weighted by Gasteiger charge is 2.22. The minimum absolute atomic E-state index is 0. The van der Waals surface area contributed by atoms with Crippen molar-refractivity contribution in [2.45, 2.75) is 12.8 Å². The summed E-state index contributed by atoms with van der Waals surface area (Å²) in [6, 6.07) is 11.3. The van der Waals surface area contributed by atoms with Crippen LogP contribution in [0.5, 0.6) is 0 Å². The predicted octanol–water partition coefficient (Wildman–Crippen LogP) is 4.90. The number of halogens is 3. The zero-order valence-corrected chi connectivity index (χ0v) is 16.7. The van der Waals surface area contributed by atoms with Gasteiger partial charge in [0, 0.05) is 27.5 Å². The van der Waals surface area contributed by atoms with Gasteiger partial charge < -0.3 is 10.6 Å². The summed E-state index contributed by atoms with van der Waals surface area (Å²) in [7, 11) is 0. The van der Waals surface area contributed by atoms with E-state index in [0.717, 1.165) is 41.4 Å². The number of fused-ring (bicyclic) bond motifs is 1. The first-order valence-electron chi connectivity index (χ1n) is 8.57. The summed E-state index contributed by atoms with van der Waals surface area (Å²) in [5.41, 5.74) is 2.68. The largest absolute Gasteiger partial charge is 0.316 e. The molecule has 2 aromatic carbocycles. The van der Waals surface area contributed by atoms with Gasteiger partial charge in [-0.05, 0) is 49.2 Å². The molecule has 1 aliphatic heterocycles. The number of benzene rings is 2. The molecular formula is C19H19Cl3N4O. The normalized spacial score (nSPS) is 16.7. The number of aromatic amines is 1. The number of hydrogen-bond donors (Lipinski definition) is 3. The Bertz CT molecular complexity index is 967. The van der Waals surface area contributed by atoms with Crippen LogP contribution in [0, 0.1) is 5.92 Å². The zero-order valence-electron chi connectivity index (χ0n) is 14.4. The number of nitrogens with one attached hydrogen (secondary N) is 3. The molecule has 0 aliphatic carbocycles. The summed E-state index contributed by atoms with van der Waals surface area (Å²) in [4.78, 5) is 12.5. The molecule has 3 aromatic rings. The molecule has 142 valence electrons. The van der Waals surface area contributed by atoms with Gasteiger partial charge >= 0.3 is 0 Å². The molecule has 5 nitrogen and oxygen atoms in total. The minimum atomic E-state index is -0.0237. The van der Waals surface area contributed by atoms with Crippen LogP contribution in [0.15, 0.2) is 36.4 Å². The van der Waals surface area contributed by atoms with E-state index in [1.54, 1.807) is 12.1 Å². The van der Waals surface area contributed by atoms with E-state index in [4.69, 9.17) is 23.2 Å². The van der Waals surface area contributed by atoms with Crippen molar-refractivity contribution in [2.24, 2.45) is 5.92 Å². The Morgan fingerprint density at radius 2 is 2.04 bits per heavy atom. The number of H-pyrrole nitrogens is 1. The van der Waals surface area contributed by atoms with Crippen molar-refractivity contribution in [1.82, 2.24) is 15.5 Å². The van der Waals surface area contributed by atoms with Crippen molar-refractivity contribution in [1.29, 1.82) is 0 Å². The summed E-state index contributed by atoms with van der Waals surface area (Å²) in [5, 5.41) is 15.5. The Morgan fingerprint density at radius 3 is 2.78 bits per heavy atom. The minimum Gasteiger partial charge on any atom is -0.316 e. The first-order valence-corrected chi connectivity index (χ1v) is 9.32. The Hall–Kier alpha value is -1.79. The summed E-state index contributed by atoms with van der Waals surface area (Å²) in [6.45, 7) is 1.68. The average molecular weight is 426 g/mol. The SMILES string of the molecule is Cl.O=C(Nc1n[nH]c2ccc(-c3ccc(Cl)cc3Cl)cc12)[C@@H]1CCCNC1. The molecule has 3 N–H and O–H groups in total. The number of carbonyl (C=O) groups excluding carboxylic acids is 1. The standard InChI is InChI=1S/C19H18Cl2N4O.ClH/c20-13-4-5-14(16(21)9-13)11-3-6-17-15(8-11)18(25-24-17)23-19(26)12-2-1-7-22-10-12;/h3-6,8-9,12,22H,1-2,7,10H2,(H2,23,24,25,26);1H/t12-;/m1./s1. The summed E-state index contributed by atoms with van der Waals surface area (Å²) >= 11 is 12.3. The fraction of sp³-hybridized carbons (Fsp3) is 0.263. The number of aromatic nitrogens is 2. The van der Waals surface area contributed by atoms with Crippen molar-refractivity contribution < 1.29 is 4.79 Å². The first kappa shape index (κ1) is 20.0. The van der Waals surface area contributed by atoms with Crippen LogP contribution in [-0.4, -0.2) is 29.2 Å². The van der Waals surface area contributed by atoms with Gasteiger partial charge in [-0.15, -0.1) is 12.4 Å². The molecule has 0 bridgehead atoms. The highest BCUT2D eigenvalue weighted by molar-refractivity contribution is 6.36. The van der Waals surface area contributed by atoms with Gasteiger partial charge in [-0.2, -0.15) is 5.10 Å². The van der Waals surface area contributed by atoms with Gasteiger partial charge in [-0.1, -0.05) is 35.3 Å². The molecule has 27 heavy (non-hydrogen) atoms. The second-order valence-corrected chi connectivity index (χ2v) is 7.33. The Morgan fingerprint density at radius 1 is 1.19 bits per heavy atom. The molecule has 1 atom stereocenters. The smallest absolute Gasteiger partial charge is 0.229 e. The molecule has 4 rings (SSSR count). The lowest BCUT2D eigenvalue weighted by Crippen LogP contribution is -2.37. The number of anilines is 1. The van der Waals surface area contributed by atoms with Gasteiger partial charge in [0.25, 0.3) is 0 Å². The molecule has 1 aliphatic rings. The molecule has 1 aromatic heterocycles. The lowest BCUT2D eigenvalue weighted by Gasteiger charge is -2.21. The van der Waals surface area contributed by atoms with Gasteiger partial charge in [0.05, 0.1) is 11.4 Å². The van der Waals surface area contributed by atoms with Crippen LogP contribution in [0.2, 0.25) is 10.0 Å². The quantitative estimate of drug-likeness (QED) is 0.559. The summed E-state index contributed by atoms with van der Waals surface area (Å²) < 4.78 is 0. The van der Waals surface area contributed by atoms with Crippen LogP contribution >= 0.6 is 35.6 Å². The lowest BCUT2D eigenvalue weighted by atomic mass is 9.99. The van der Waals surface area contributed by atoms with E-state index in [-0.39, 0.29) is 24.2 Å². The maximum atomic E-state index is 12.5. The number of rotatable bonds is 3. The number of nitrogens with zero attached hydrogens (tertiary/aromatic N) is 1. The second kappa shape index (κ2) is 8.48. The fourth-order valence-electron chi connectivity index (χ4n) is 3.29. The van der Waals surface area contributed by atoms with E-state index in [1.165, 1.54) is 0 Å². The molecule has 0 radical (unpaired) electrons. The Kier molecular flexibility index (Phi) is 6.27. The van der Waals surface area contributed by atoms with Gasteiger partial charge in [-0.3, -0.25) is 9.89 Å². The number of amides is 1. The highest BCUT2D eigenvalue weighted by Crippen LogP contribution is 2.33. The first-order chi connectivity index (χ1) is 12.6. The van der Waals surface area contributed by atoms with E-state index in [9.17, 15) is 4.79 Å². The third-order valence-electron chi connectivity index (χ3n) is 4.71. The van der Waals surface area contributed by atoms with E-state index >= 15 is 0 Å². The molecule has 0 unspecified atom stereocenters. The maximum absolute atomic E-state index is 12.5. The van der Waals surface area contributed by atoms with Crippen LogP contribution in [0.25, 0.3) is 22.0 Å². The predicted molar refractivity (Wildman–Crippen MR) is 113 cm³/mol. The fourth-order valence-corrected chi connectivity index (χ4v) is 3.81.